The van der Waals surface area contributed by atoms with E-state index in [1.54, 1.807) is 6.07 Å². The van der Waals surface area contributed by atoms with Gasteiger partial charge in [0.25, 0.3) is 0 Å². The molecule has 2 aromatic rings. The monoisotopic (exact) mass is 371 g/mol. The third kappa shape index (κ3) is 5.21. The summed E-state index contributed by atoms with van der Waals surface area (Å²) >= 11 is 0. The van der Waals surface area contributed by atoms with Gasteiger partial charge in [-0.3, -0.25) is 0 Å². The molecule has 1 fully saturated rings. The molecule has 1 N–H and O–H groups in total. The molecule has 0 bridgehead atoms. The van der Waals surface area contributed by atoms with Crippen LogP contribution >= 0.6 is 0 Å². The summed E-state index contributed by atoms with van der Waals surface area (Å²) in [5.74, 6) is 0.746. The second-order valence-electron chi connectivity index (χ2n) is 7.18. The third-order valence-electron chi connectivity index (χ3n) is 5.14. The van der Waals surface area contributed by atoms with Gasteiger partial charge in [-0.25, -0.2) is 4.39 Å². The Hall–Kier alpha value is -2.11. The second kappa shape index (κ2) is 9.20. The van der Waals surface area contributed by atoms with Gasteiger partial charge in [0.05, 0.1) is 12.3 Å². The quantitative estimate of drug-likeness (QED) is 0.801. The topological polar surface area (TPSA) is 27.7 Å². The van der Waals surface area contributed by atoms with Crippen LogP contribution in [-0.2, 0) is 6.54 Å². The first-order valence-electron chi connectivity index (χ1n) is 9.75. The molecule has 0 saturated carbocycles. The number of nitrogens with zero attached hydrogens (tertiary/aromatic N) is 2. The number of rotatable bonds is 7. The summed E-state index contributed by atoms with van der Waals surface area (Å²) in [6.45, 7) is 9.10. The highest BCUT2D eigenvalue weighted by molar-refractivity contribution is 5.50. The van der Waals surface area contributed by atoms with Crippen molar-refractivity contribution < 1.29 is 9.13 Å². The molecule has 4 nitrogen and oxygen atoms in total. The van der Waals surface area contributed by atoms with Crippen molar-refractivity contribution in [1.82, 2.24) is 10.2 Å². The molecule has 1 heterocycles. The lowest BCUT2D eigenvalue weighted by Gasteiger charge is -2.34. The Kier molecular flexibility index (Phi) is 6.69. The van der Waals surface area contributed by atoms with Gasteiger partial charge in [-0.05, 0) is 56.3 Å². The molecule has 1 atom stereocenters. The van der Waals surface area contributed by atoms with Crippen molar-refractivity contribution in [3.8, 4) is 5.75 Å². The summed E-state index contributed by atoms with van der Waals surface area (Å²) < 4.78 is 20.2. The minimum atomic E-state index is -0.135. The Morgan fingerprint density at radius 1 is 1.11 bits per heavy atom. The number of halogens is 1. The normalized spacial score (nSPS) is 16.4. The van der Waals surface area contributed by atoms with Crippen molar-refractivity contribution in [2.24, 2.45) is 0 Å². The number of anilines is 1. The number of hydrogen-bond donors (Lipinski definition) is 1. The number of piperazine rings is 1. The summed E-state index contributed by atoms with van der Waals surface area (Å²) in [7, 11) is 2.11. The van der Waals surface area contributed by atoms with E-state index in [4.69, 9.17) is 4.74 Å². The van der Waals surface area contributed by atoms with E-state index in [1.807, 2.05) is 37.3 Å². The summed E-state index contributed by atoms with van der Waals surface area (Å²) in [4.78, 5) is 4.41. The molecule has 146 valence electrons. The van der Waals surface area contributed by atoms with Crippen molar-refractivity contribution >= 4 is 5.69 Å². The van der Waals surface area contributed by atoms with Crippen LogP contribution < -0.4 is 15.0 Å². The van der Waals surface area contributed by atoms with E-state index in [0.29, 0.717) is 18.8 Å². The van der Waals surface area contributed by atoms with E-state index in [9.17, 15) is 4.39 Å². The zero-order valence-electron chi connectivity index (χ0n) is 16.5. The summed E-state index contributed by atoms with van der Waals surface area (Å²) in [5.41, 5.74) is 2.83. The van der Waals surface area contributed by atoms with Gasteiger partial charge < -0.3 is 19.9 Å². The zero-order chi connectivity index (χ0) is 19.2. The first kappa shape index (κ1) is 19.6. The number of hydrogen-bond acceptors (Lipinski definition) is 4. The summed E-state index contributed by atoms with van der Waals surface area (Å²) in [6.07, 6.45) is 0. The minimum Gasteiger partial charge on any atom is -0.494 e. The molecule has 0 spiro atoms. The fourth-order valence-electron chi connectivity index (χ4n) is 3.40. The van der Waals surface area contributed by atoms with E-state index < -0.39 is 0 Å². The van der Waals surface area contributed by atoms with Gasteiger partial charge >= 0.3 is 0 Å². The molecule has 0 aromatic heterocycles. The van der Waals surface area contributed by atoms with Crippen LogP contribution in [0.2, 0.25) is 0 Å². The molecule has 5 heteroatoms. The largest absolute Gasteiger partial charge is 0.494 e. The number of benzene rings is 2. The lowest BCUT2D eigenvalue weighted by Crippen LogP contribution is -2.44. The van der Waals surface area contributed by atoms with Gasteiger partial charge in [-0.15, -0.1) is 0 Å². The predicted octanol–water partition coefficient (Wildman–Crippen LogP) is 3.83. The minimum absolute atomic E-state index is 0.0665. The fourth-order valence-corrected chi connectivity index (χ4v) is 3.40. The van der Waals surface area contributed by atoms with Crippen molar-refractivity contribution in [1.29, 1.82) is 0 Å². The summed E-state index contributed by atoms with van der Waals surface area (Å²) in [5, 5.41) is 3.47. The average molecular weight is 372 g/mol. The molecule has 1 saturated heterocycles. The van der Waals surface area contributed by atoms with Gasteiger partial charge in [-0.1, -0.05) is 18.2 Å². The zero-order valence-corrected chi connectivity index (χ0v) is 16.5. The average Bonchev–Trinajstić information content (AvgIpc) is 2.67. The van der Waals surface area contributed by atoms with Gasteiger partial charge in [0, 0.05) is 38.8 Å². The SMILES string of the molecule is CCOc1cccc(CNC(C)c2ccc(N3CCN(C)CC3)c(F)c2)c1. The van der Waals surface area contributed by atoms with Crippen molar-refractivity contribution in [3.63, 3.8) is 0 Å². The predicted molar refractivity (Wildman–Crippen MR) is 109 cm³/mol. The molecule has 0 amide bonds. The van der Waals surface area contributed by atoms with E-state index >= 15 is 0 Å². The highest BCUT2D eigenvalue weighted by Crippen LogP contribution is 2.25. The molecular formula is C22H30FN3O. The smallest absolute Gasteiger partial charge is 0.146 e. The number of ether oxygens (including phenoxy) is 1. The van der Waals surface area contributed by atoms with Gasteiger partial charge in [-0.2, -0.15) is 0 Å². The molecule has 1 aliphatic rings. The Bertz CT molecular complexity index is 744. The van der Waals surface area contributed by atoms with Crippen LogP contribution in [-0.4, -0.2) is 44.7 Å². The first-order valence-corrected chi connectivity index (χ1v) is 9.75. The standard InChI is InChI=1S/C22H30FN3O/c1-4-27-20-7-5-6-18(14-20)16-24-17(2)19-8-9-22(21(23)15-19)26-12-10-25(3)11-13-26/h5-9,14-15,17,24H,4,10-13,16H2,1-3H3. The van der Waals surface area contributed by atoms with Crippen molar-refractivity contribution in [2.75, 3.05) is 44.7 Å². The molecule has 0 aliphatic carbocycles. The maximum absolute atomic E-state index is 14.7. The molecule has 3 rings (SSSR count). The van der Waals surface area contributed by atoms with Crippen LogP contribution in [0.4, 0.5) is 10.1 Å². The lowest BCUT2D eigenvalue weighted by atomic mass is 10.1. The molecule has 2 aromatic carbocycles. The van der Waals surface area contributed by atoms with Gasteiger partial charge in [0.15, 0.2) is 0 Å². The number of nitrogens with one attached hydrogen (secondary N) is 1. The van der Waals surface area contributed by atoms with Gasteiger partial charge in [0.1, 0.15) is 11.6 Å². The van der Waals surface area contributed by atoms with E-state index in [0.717, 1.165) is 43.1 Å². The van der Waals surface area contributed by atoms with Crippen LogP contribution in [0.5, 0.6) is 5.75 Å². The van der Waals surface area contributed by atoms with Crippen LogP contribution in [0, 0.1) is 5.82 Å². The van der Waals surface area contributed by atoms with E-state index in [2.05, 4.69) is 35.2 Å². The highest BCUT2D eigenvalue weighted by Gasteiger charge is 2.18. The highest BCUT2D eigenvalue weighted by atomic mass is 19.1. The van der Waals surface area contributed by atoms with Crippen molar-refractivity contribution in [2.45, 2.75) is 26.4 Å². The molecule has 27 heavy (non-hydrogen) atoms. The lowest BCUT2D eigenvalue weighted by molar-refractivity contribution is 0.311. The first-order chi connectivity index (χ1) is 13.1. The van der Waals surface area contributed by atoms with Crippen LogP contribution in [0.3, 0.4) is 0 Å². The van der Waals surface area contributed by atoms with Gasteiger partial charge in [0.2, 0.25) is 0 Å². The summed E-state index contributed by atoms with van der Waals surface area (Å²) in [6, 6.07) is 13.8. The maximum Gasteiger partial charge on any atom is 0.146 e. The Morgan fingerprint density at radius 2 is 1.89 bits per heavy atom. The van der Waals surface area contributed by atoms with Crippen molar-refractivity contribution in [3.05, 3.63) is 59.4 Å². The van der Waals surface area contributed by atoms with E-state index in [1.165, 1.54) is 0 Å². The third-order valence-corrected chi connectivity index (χ3v) is 5.14. The molecular weight excluding hydrogens is 341 g/mol. The van der Waals surface area contributed by atoms with E-state index in [-0.39, 0.29) is 11.9 Å². The maximum atomic E-state index is 14.7. The Balaban J connectivity index is 1.61. The van der Waals surface area contributed by atoms with Crippen LogP contribution in [0.1, 0.15) is 31.0 Å². The molecule has 1 aliphatic heterocycles. The Morgan fingerprint density at radius 3 is 2.59 bits per heavy atom. The number of likely N-dealkylation sites (N-methyl/N-ethyl adjacent to an activating group) is 1. The molecule has 0 radical (unpaired) electrons. The molecule has 1 unspecified atom stereocenters. The Labute approximate surface area is 161 Å². The fraction of sp³-hybridized carbons (Fsp3) is 0.455. The second-order valence-corrected chi connectivity index (χ2v) is 7.18. The van der Waals surface area contributed by atoms with Crippen LogP contribution in [0.15, 0.2) is 42.5 Å². The van der Waals surface area contributed by atoms with Crippen LogP contribution in [0.25, 0.3) is 0 Å².